The molecule has 2 heterocycles. The number of hydrazone groups is 1. The first-order valence-corrected chi connectivity index (χ1v) is 6.32. The van der Waals surface area contributed by atoms with Gasteiger partial charge < -0.3 is 4.42 Å². The van der Waals surface area contributed by atoms with Crippen molar-refractivity contribution in [3.8, 4) is 0 Å². The van der Waals surface area contributed by atoms with Crippen LogP contribution in [0.15, 0.2) is 45.2 Å². The summed E-state index contributed by atoms with van der Waals surface area (Å²) in [4.78, 5) is 21.8. The average Bonchev–Trinajstić information content (AvgIpc) is 3.09. The van der Waals surface area contributed by atoms with Gasteiger partial charge in [0.15, 0.2) is 0 Å². The molecule has 8 heteroatoms. The zero-order chi connectivity index (χ0) is 14.4. The van der Waals surface area contributed by atoms with Crippen molar-refractivity contribution in [2.45, 2.75) is 0 Å². The summed E-state index contributed by atoms with van der Waals surface area (Å²) in [5, 5.41) is 15.9. The van der Waals surface area contributed by atoms with Crippen LogP contribution in [0, 0.1) is 10.1 Å². The third kappa shape index (κ3) is 3.62. The van der Waals surface area contributed by atoms with E-state index in [1.165, 1.54) is 41.8 Å². The molecule has 0 fully saturated rings. The molecule has 2 aromatic heterocycles. The fourth-order valence-electron chi connectivity index (χ4n) is 1.27. The molecule has 2 rings (SSSR count). The average molecular weight is 291 g/mol. The minimum Gasteiger partial charge on any atom is -0.401 e. The molecule has 0 aliphatic rings. The van der Waals surface area contributed by atoms with Crippen LogP contribution in [0.25, 0.3) is 6.08 Å². The van der Waals surface area contributed by atoms with Gasteiger partial charge in [0, 0.05) is 6.21 Å². The van der Waals surface area contributed by atoms with Crippen LogP contribution in [0.1, 0.15) is 15.4 Å². The summed E-state index contributed by atoms with van der Waals surface area (Å²) < 4.78 is 4.90. The smallest absolute Gasteiger partial charge is 0.401 e. The monoisotopic (exact) mass is 291 g/mol. The van der Waals surface area contributed by atoms with E-state index in [2.05, 4.69) is 10.5 Å². The number of hydrogen-bond donors (Lipinski definition) is 1. The van der Waals surface area contributed by atoms with Crippen LogP contribution in [0.5, 0.6) is 0 Å². The molecule has 102 valence electrons. The summed E-state index contributed by atoms with van der Waals surface area (Å²) in [5.74, 6) is -0.293. The minimum atomic E-state index is -0.618. The van der Waals surface area contributed by atoms with Gasteiger partial charge in [-0.15, -0.1) is 11.3 Å². The number of amides is 1. The van der Waals surface area contributed by atoms with E-state index in [-0.39, 0.29) is 11.8 Å². The Hall–Kier alpha value is -2.74. The Labute approximate surface area is 117 Å². The van der Waals surface area contributed by atoms with E-state index in [1.54, 1.807) is 17.5 Å². The van der Waals surface area contributed by atoms with Crippen molar-refractivity contribution in [1.82, 2.24) is 5.43 Å². The number of thiophene rings is 1. The highest BCUT2D eigenvalue weighted by molar-refractivity contribution is 7.12. The summed E-state index contributed by atoms with van der Waals surface area (Å²) >= 11 is 1.31. The second-order valence-corrected chi connectivity index (χ2v) is 4.44. The summed E-state index contributed by atoms with van der Waals surface area (Å²) in [6, 6.07) is 6.18. The van der Waals surface area contributed by atoms with Gasteiger partial charge in [-0.25, -0.2) is 5.43 Å². The molecule has 0 atom stereocenters. The van der Waals surface area contributed by atoms with Gasteiger partial charge in [-0.05, 0) is 29.7 Å². The maximum atomic E-state index is 11.5. The first-order chi connectivity index (χ1) is 9.66. The Kier molecular flexibility index (Phi) is 4.40. The number of rotatable bonds is 5. The van der Waals surface area contributed by atoms with Crippen LogP contribution < -0.4 is 5.43 Å². The first-order valence-electron chi connectivity index (χ1n) is 5.44. The maximum absolute atomic E-state index is 11.5. The highest BCUT2D eigenvalue weighted by Gasteiger charge is 2.09. The molecular formula is C12H9N3O4S. The quantitative estimate of drug-likeness (QED) is 0.520. The highest BCUT2D eigenvalue weighted by atomic mass is 32.1. The van der Waals surface area contributed by atoms with E-state index in [9.17, 15) is 14.9 Å². The Bertz CT molecular complexity index is 658. The molecule has 0 bridgehead atoms. The lowest BCUT2D eigenvalue weighted by Gasteiger charge is -1.93. The normalized spacial score (nSPS) is 11.2. The number of hydrogen-bond acceptors (Lipinski definition) is 6. The van der Waals surface area contributed by atoms with Gasteiger partial charge in [0.2, 0.25) is 0 Å². The fourth-order valence-corrected chi connectivity index (χ4v) is 1.88. The topological polar surface area (TPSA) is 97.7 Å². The third-order valence-electron chi connectivity index (χ3n) is 2.12. The molecule has 0 spiro atoms. The number of nitro groups is 1. The molecule has 0 unspecified atom stereocenters. The van der Waals surface area contributed by atoms with Gasteiger partial charge in [-0.1, -0.05) is 6.07 Å². The fraction of sp³-hybridized carbons (Fsp3) is 0. The molecule has 20 heavy (non-hydrogen) atoms. The van der Waals surface area contributed by atoms with Gasteiger partial charge >= 0.3 is 5.88 Å². The Morgan fingerprint density at radius 2 is 2.30 bits per heavy atom. The lowest BCUT2D eigenvalue weighted by atomic mass is 10.4. The van der Waals surface area contributed by atoms with Gasteiger partial charge in [-0.2, -0.15) is 5.10 Å². The molecule has 0 aliphatic heterocycles. The van der Waals surface area contributed by atoms with E-state index in [0.29, 0.717) is 10.6 Å². The van der Waals surface area contributed by atoms with Gasteiger partial charge in [-0.3, -0.25) is 14.9 Å². The predicted octanol–water partition coefficient (Wildman–Crippen LogP) is 2.68. The van der Waals surface area contributed by atoms with Crippen molar-refractivity contribution in [3.63, 3.8) is 0 Å². The lowest BCUT2D eigenvalue weighted by Crippen LogP contribution is -2.15. The number of nitrogens with zero attached hydrogens (tertiary/aromatic N) is 2. The molecule has 1 N–H and O–H groups in total. The van der Waals surface area contributed by atoms with Crippen molar-refractivity contribution >= 4 is 35.4 Å². The summed E-state index contributed by atoms with van der Waals surface area (Å²) in [6.45, 7) is 0. The zero-order valence-electron chi connectivity index (χ0n) is 10.1. The van der Waals surface area contributed by atoms with Crippen LogP contribution in [0.3, 0.4) is 0 Å². The van der Waals surface area contributed by atoms with E-state index < -0.39 is 4.92 Å². The Morgan fingerprint density at radius 3 is 2.95 bits per heavy atom. The molecule has 1 amide bonds. The first kappa shape index (κ1) is 13.7. The largest absolute Gasteiger partial charge is 0.433 e. The standard InChI is InChI=1S/C12H9N3O4S/c16-12(10-4-2-8-20-10)14-13-7-1-3-9-5-6-11(19-9)15(17)18/h1-8H,(H,14,16)/b3-1+,13-7?. The second kappa shape index (κ2) is 6.43. The molecule has 0 saturated heterocycles. The molecule has 0 aromatic carbocycles. The maximum Gasteiger partial charge on any atom is 0.433 e. The number of allylic oxidation sites excluding steroid dienone is 1. The van der Waals surface area contributed by atoms with E-state index in [1.807, 2.05) is 0 Å². The van der Waals surface area contributed by atoms with E-state index in [4.69, 9.17) is 4.42 Å². The van der Waals surface area contributed by atoms with E-state index in [0.717, 1.165) is 0 Å². The summed E-state index contributed by atoms with van der Waals surface area (Å²) in [6.07, 6.45) is 4.34. The molecule has 0 aliphatic carbocycles. The van der Waals surface area contributed by atoms with Crippen molar-refractivity contribution in [3.05, 3.63) is 56.5 Å². The van der Waals surface area contributed by atoms with Crippen LogP contribution in [-0.2, 0) is 0 Å². The van der Waals surface area contributed by atoms with Gasteiger partial charge in [0.05, 0.1) is 10.9 Å². The number of furan rings is 1. The van der Waals surface area contributed by atoms with Crippen molar-refractivity contribution < 1.29 is 14.1 Å². The van der Waals surface area contributed by atoms with Crippen molar-refractivity contribution in [1.29, 1.82) is 0 Å². The molecule has 0 saturated carbocycles. The highest BCUT2D eigenvalue weighted by Crippen LogP contribution is 2.16. The van der Waals surface area contributed by atoms with Gasteiger partial charge in [0.1, 0.15) is 10.7 Å². The predicted molar refractivity (Wildman–Crippen MR) is 74.7 cm³/mol. The summed E-state index contributed by atoms with van der Waals surface area (Å²) in [7, 11) is 0. The number of nitrogens with one attached hydrogen (secondary N) is 1. The Balaban J connectivity index is 1.85. The molecule has 7 nitrogen and oxygen atoms in total. The van der Waals surface area contributed by atoms with Gasteiger partial charge in [0.25, 0.3) is 5.91 Å². The zero-order valence-corrected chi connectivity index (χ0v) is 10.9. The Morgan fingerprint density at radius 1 is 1.45 bits per heavy atom. The third-order valence-corrected chi connectivity index (χ3v) is 2.99. The molecular weight excluding hydrogens is 282 g/mol. The van der Waals surface area contributed by atoms with Crippen LogP contribution in [0.4, 0.5) is 5.88 Å². The van der Waals surface area contributed by atoms with Crippen LogP contribution in [-0.4, -0.2) is 17.0 Å². The van der Waals surface area contributed by atoms with Crippen LogP contribution >= 0.6 is 11.3 Å². The number of carbonyl (C=O) groups excluding carboxylic acids is 1. The SMILES string of the molecule is O=C(NN=C/C=C/c1ccc([N+](=O)[O-])o1)c1cccs1. The minimum absolute atomic E-state index is 0.293. The second-order valence-electron chi connectivity index (χ2n) is 3.49. The lowest BCUT2D eigenvalue weighted by molar-refractivity contribution is -0.402. The van der Waals surface area contributed by atoms with Crippen LogP contribution in [0.2, 0.25) is 0 Å². The number of carbonyl (C=O) groups is 1. The molecule has 0 radical (unpaired) electrons. The van der Waals surface area contributed by atoms with E-state index >= 15 is 0 Å². The van der Waals surface area contributed by atoms with Crippen molar-refractivity contribution in [2.75, 3.05) is 0 Å². The van der Waals surface area contributed by atoms with Crippen molar-refractivity contribution in [2.24, 2.45) is 5.10 Å². The summed E-state index contributed by atoms with van der Waals surface area (Å²) in [5.41, 5.74) is 2.35. The molecule has 2 aromatic rings.